The average molecular weight is 387 g/mol. The lowest BCUT2D eigenvalue weighted by Gasteiger charge is -2.55. The molecule has 0 aromatic rings. The number of alkyl halides is 1. The van der Waals surface area contributed by atoms with Crippen molar-refractivity contribution in [3.63, 3.8) is 0 Å². The number of fused-ring (bicyclic) bond motifs is 1. The van der Waals surface area contributed by atoms with Gasteiger partial charge in [0, 0.05) is 12.3 Å². The first-order chi connectivity index (χ1) is 11.7. The van der Waals surface area contributed by atoms with Crippen LogP contribution in [0.3, 0.4) is 0 Å². The molecule has 0 aromatic heterocycles. The van der Waals surface area contributed by atoms with Gasteiger partial charge in [-0.2, -0.15) is 0 Å². The van der Waals surface area contributed by atoms with E-state index >= 15 is 0 Å². The van der Waals surface area contributed by atoms with Crippen LogP contribution in [0.2, 0.25) is 0 Å². The van der Waals surface area contributed by atoms with Gasteiger partial charge in [0.1, 0.15) is 11.7 Å². The summed E-state index contributed by atoms with van der Waals surface area (Å²) in [5, 5.41) is 20.7. The monoisotopic (exact) mass is 386 g/mol. The van der Waals surface area contributed by atoms with Gasteiger partial charge < -0.3 is 14.9 Å². The lowest BCUT2D eigenvalue weighted by molar-refractivity contribution is -0.210. The van der Waals surface area contributed by atoms with Crippen molar-refractivity contribution in [3.05, 3.63) is 11.1 Å². The van der Waals surface area contributed by atoms with Crippen LogP contribution in [0.5, 0.6) is 0 Å². The minimum atomic E-state index is -1.83. The maximum Gasteiger partial charge on any atom is 0.339 e. The lowest BCUT2D eigenvalue weighted by Crippen LogP contribution is -2.61. The minimum absolute atomic E-state index is 0.147. The van der Waals surface area contributed by atoms with Crippen LogP contribution in [-0.2, 0) is 14.3 Å². The van der Waals surface area contributed by atoms with Crippen molar-refractivity contribution in [1.82, 2.24) is 0 Å². The molecule has 0 amide bonds. The molecule has 0 bridgehead atoms. The third kappa shape index (κ3) is 3.58. The van der Waals surface area contributed by atoms with E-state index < -0.39 is 28.7 Å². The van der Waals surface area contributed by atoms with Gasteiger partial charge in [0.2, 0.25) is 0 Å². The Morgan fingerprint density at radius 2 is 1.96 bits per heavy atom. The molecule has 0 aromatic carbocycles. The maximum atomic E-state index is 12.5. The molecule has 5 nitrogen and oxygen atoms in total. The number of carbonyl (C=O) groups excluding carboxylic acids is 2. The highest BCUT2D eigenvalue weighted by molar-refractivity contribution is 6.22. The predicted octanol–water partition coefficient (Wildman–Crippen LogP) is 3.14. The topological polar surface area (TPSA) is 83.8 Å². The van der Waals surface area contributed by atoms with E-state index in [0.29, 0.717) is 25.7 Å². The number of carbonyl (C=O) groups is 2. The van der Waals surface area contributed by atoms with E-state index in [1.807, 2.05) is 20.8 Å². The molecule has 0 radical (unpaired) electrons. The smallest absolute Gasteiger partial charge is 0.339 e. The second kappa shape index (κ2) is 6.92. The number of halogens is 1. The van der Waals surface area contributed by atoms with Crippen LogP contribution in [0, 0.1) is 11.3 Å². The Kier molecular flexibility index (Phi) is 5.69. The fraction of sp³-hybridized carbons (Fsp3) is 0.800. The standard InChI is InChI=1S/C20H31ClO5/c1-11(2)13-9-15-18(4,10-14(13)22)8-7-16(20(15,6)25)26-17(23)19(5,24)12(3)21/h12,15-16,24-25H,7-10H2,1-6H3/t12-,15+,16-,18+,19-,20-/m0/s1. The lowest BCUT2D eigenvalue weighted by atomic mass is 9.53. The molecule has 0 saturated heterocycles. The Labute approximate surface area is 160 Å². The molecule has 0 unspecified atom stereocenters. The van der Waals surface area contributed by atoms with Crippen LogP contribution < -0.4 is 0 Å². The fourth-order valence-electron chi connectivity index (χ4n) is 4.39. The summed E-state index contributed by atoms with van der Waals surface area (Å²) in [5.41, 5.74) is -1.72. The highest BCUT2D eigenvalue weighted by atomic mass is 35.5. The summed E-state index contributed by atoms with van der Waals surface area (Å²) in [5.74, 6) is -0.889. The SMILES string of the molecule is CC(C)=C1C[C@@H]2[C@](C)(CC[C@H](OC(=O)[C@@](C)(O)[C@H](C)Cl)[C@@]2(C)O)CC1=O. The van der Waals surface area contributed by atoms with E-state index in [1.165, 1.54) is 13.8 Å². The Balaban J connectivity index is 2.29. The van der Waals surface area contributed by atoms with E-state index in [-0.39, 0.29) is 17.1 Å². The molecule has 2 N–H and O–H groups in total. The van der Waals surface area contributed by atoms with Gasteiger partial charge in [0.25, 0.3) is 0 Å². The number of rotatable bonds is 3. The van der Waals surface area contributed by atoms with Crippen molar-refractivity contribution < 1.29 is 24.5 Å². The van der Waals surface area contributed by atoms with Crippen molar-refractivity contribution in [1.29, 1.82) is 0 Å². The number of aliphatic hydroxyl groups is 2. The zero-order valence-corrected chi connectivity index (χ0v) is 17.3. The molecule has 6 heteroatoms. The summed E-state index contributed by atoms with van der Waals surface area (Å²) in [6.45, 7) is 10.3. The van der Waals surface area contributed by atoms with Gasteiger partial charge in [-0.3, -0.25) is 4.79 Å². The summed E-state index contributed by atoms with van der Waals surface area (Å²) in [7, 11) is 0. The van der Waals surface area contributed by atoms with Crippen molar-refractivity contribution >= 4 is 23.4 Å². The number of allylic oxidation sites excluding steroid dienone is 2. The van der Waals surface area contributed by atoms with Gasteiger partial charge in [-0.25, -0.2) is 4.79 Å². The number of ether oxygens (including phenoxy) is 1. The number of hydrogen-bond donors (Lipinski definition) is 2. The van der Waals surface area contributed by atoms with Crippen molar-refractivity contribution in [2.24, 2.45) is 11.3 Å². The summed E-state index contributed by atoms with van der Waals surface area (Å²) in [6, 6.07) is 0. The molecule has 6 atom stereocenters. The number of esters is 1. The Bertz CT molecular complexity index is 630. The molecule has 0 heterocycles. The summed E-state index contributed by atoms with van der Waals surface area (Å²) >= 11 is 5.90. The molecule has 26 heavy (non-hydrogen) atoms. The van der Waals surface area contributed by atoms with Crippen LogP contribution in [0.15, 0.2) is 11.1 Å². The van der Waals surface area contributed by atoms with Gasteiger partial charge in [-0.15, -0.1) is 11.6 Å². The Morgan fingerprint density at radius 1 is 1.38 bits per heavy atom. The van der Waals surface area contributed by atoms with Crippen LogP contribution in [0.1, 0.15) is 67.2 Å². The fourth-order valence-corrected chi connectivity index (χ4v) is 4.47. The highest BCUT2D eigenvalue weighted by Crippen LogP contribution is 2.55. The predicted molar refractivity (Wildman–Crippen MR) is 99.9 cm³/mol. The minimum Gasteiger partial charge on any atom is -0.457 e. The molecule has 2 fully saturated rings. The molecule has 0 spiro atoms. The second-order valence-corrected chi connectivity index (χ2v) is 9.57. The summed E-state index contributed by atoms with van der Waals surface area (Å²) in [6.07, 6.45) is 1.23. The van der Waals surface area contributed by atoms with E-state index in [4.69, 9.17) is 16.3 Å². The number of ketones is 1. The van der Waals surface area contributed by atoms with Crippen LogP contribution in [0.4, 0.5) is 0 Å². The maximum absolute atomic E-state index is 12.5. The molecule has 2 aliphatic carbocycles. The molecule has 0 aliphatic heterocycles. The van der Waals surface area contributed by atoms with E-state index in [1.54, 1.807) is 6.92 Å². The van der Waals surface area contributed by atoms with Gasteiger partial charge in [0.05, 0.1) is 5.38 Å². The molecular weight excluding hydrogens is 356 g/mol. The van der Waals surface area contributed by atoms with E-state index in [2.05, 4.69) is 0 Å². The van der Waals surface area contributed by atoms with Gasteiger partial charge in [-0.05, 0) is 64.9 Å². The van der Waals surface area contributed by atoms with Gasteiger partial charge in [0.15, 0.2) is 11.4 Å². The van der Waals surface area contributed by atoms with Crippen molar-refractivity contribution in [2.45, 2.75) is 89.9 Å². The Hall–Kier alpha value is -0.910. The van der Waals surface area contributed by atoms with Crippen molar-refractivity contribution in [3.8, 4) is 0 Å². The van der Waals surface area contributed by atoms with Gasteiger partial charge in [-0.1, -0.05) is 12.5 Å². The number of hydrogen-bond acceptors (Lipinski definition) is 5. The first-order valence-corrected chi connectivity index (χ1v) is 9.66. The molecule has 2 rings (SSSR count). The first-order valence-electron chi connectivity index (χ1n) is 9.23. The highest BCUT2D eigenvalue weighted by Gasteiger charge is 2.58. The molecular formula is C20H31ClO5. The normalized spacial score (nSPS) is 38.2. The zero-order chi connectivity index (χ0) is 20.1. The quantitative estimate of drug-likeness (QED) is 0.442. The van der Waals surface area contributed by atoms with Crippen LogP contribution in [-0.4, -0.2) is 44.6 Å². The largest absolute Gasteiger partial charge is 0.457 e. The third-order valence-corrected chi connectivity index (χ3v) is 6.95. The number of Topliss-reactive ketones (excluding diaryl/α,β-unsaturated/α-hetero) is 1. The second-order valence-electron chi connectivity index (χ2n) is 8.91. The molecule has 2 aliphatic rings. The van der Waals surface area contributed by atoms with Gasteiger partial charge >= 0.3 is 5.97 Å². The van der Waals surface area contributed by atoms with E-state index in [9.17, 15) is 19.8 Å². The Morgan fingerprint density at radius 3 is 2.46 bits per heavy atom. The first kappa shape index (κ1) is 21.4. The summed E-state index contributed by atoms with van der Waals surface area (Å²) in [4.78, 5) is 24.9. The zero-order valence-electron chi connectivity index (χ0n) is 16.6. The average Bonchev–Trinajstić information content (AvgIpc) is 2.48. The molecule has 148 valence electrons. The molecule has 2 saturated carbocycles. The summed E-state index contributed by atoms with van der Waals surface area (Å²) < 4.78 is 5.52. The van der Waals surface area contributed by atoms with Crippen LogP contribution in [0.25, 0.3) is 0 Å². The third-order valence-electron chi connectivity index (χ3n) is 6.53. The van der Waals surface area contributed by atoms with E-state index in [0.717, 1.165) is 11.1 Å². The van der Waals surface area contributed by atoms with Crippen LogP contribution >= 0.6 is 11.6 Å². The van der Waals surface area contributed by atoms with Crippen molar-refractivity contribution in [2.75, 3.05) is 0 Å².